The standard InChI is InChI=1S/C18H22N4O2/c1-13(24-17-5-3-2-4-6-17)18(23)21-14-7-8-15(21)12-16(11-14)22-19-9-10-20-22/h2-6,9-10,13-16H,7-8,11-12H2,1H3/t13-,14-,15-/m0/s1. The number of piperidine rings is 1. The number of hydrogen-bond donors (Lipinski definition) is 0. The number of benzene rings is 1. The SMILES string of the molecule is C[C@H](Oc1ccccc1)C(=O)N1[C@H]2CC[C@H]1CC(n1nccn1)C2. The van der Waals surface area contributed by atoms with Crippen LogP contribution in [0.1, 0.15) is 38.6 Å². The topological polar surface area (TPSA) is 60.2 Å². The first kappa shape index (κ1) is 15.2. The van der Waals surface area contributed by atoms with Gasteiger partial charge in [-0.2, -0.15) is 15.0 Å². The minimum absolute atomic E-state index is 0.0956. The number of amides is 1. The molecule has 3 heterocycles. The second-order valence-electron chi connectivity index (χ2n) is 6.68. The quantitative estimate of drug-likeness (QED) is 0.866. The molecule has 24 heavy (non-hydrogen) atoms. The van der Waals surface area contributed by atoms with Gasteiger partial charge in [-0.25, -0.2) is 0 Å². The fourth-order valence-corrected chi connectivity index (χ4v) is 4.07. The Labute approximate surface area is 141 Å². The first-order valence-corrected chi connectivity index (χ1v) is 8.62. The van der Waals surface area contributed by atoms with Crippen LogP contribution < -0.4 is 4.74 Å². The summed E-state index contributed by atoms with van der Waals surface area (Å²) < 4.78 is 5.83. The van der Waals surface area contributed by atoms with Gasteiger partial charge in [0, 0.05) is 12.1 Å². The molecule has 1 amide bonds. The number of aromatic nitrogens is 3. The Morgan fingerprint density at radius 2 is 1.71 bits per heavy atom. The first-order valence-electron chi connectivity index (χ1n) is 8.62. The maximum absolute atomic E-state index is 12.9. The van der Waals surface area contributed by atoms with Crippen molar-refractivity contribution in [2.24, 2.45) is 0 Å². The van der Waals surface area contributed by atoms with Crippen LogP contribution in [0, 0.1) is 0 Å². The fraction of sp³-hybridized carbons (Fsp3) is 0.500. The summed E-state index contributed by atoms with van der Waals surface area (Å²) in [6, 6.07) is 10.4. The third-order valence-electron chi connectivity index (χ3n) is 5.13. The second kappa shape index (κ2) is 6.26. The minimum atomic E-state index is -0.463. The molecule has 0 aliphatic carbocycles. The zero-order valence-electron chi connectivity index (χ0n) is 13.8. The summed E-state index contributed by atoms with van der Waals surface area (Å²) >= 11 is 0. The molecule has 2 saturated heterocycles. The van der Waals surface area contributed by atoms with Crippen molar-refractivity contribution in [1.29, 1.82) is 0 Å². The van der Waals surface area contributed by atoms with Crippen LogP contribution in [-0.4, -0.2) is 44.0 Å². The molecule has 0 spiro atoms. The van der Waals surface area contributed by atoms with Gasteiger partial charge < -0.3 is 9.64 Å². The molecule has 2 aliphatic rings. The number of para-hydroxylation sites is 1. The summed E-state index contributed by atoms with van der Waals surface area (Å²) in [5.41, 5.74) is 0. The molecule has 6 nitrogen and oxygen atoms in total. The summed E-state index contributed by atoms with van der Waals surface area (Å²) in [6.07, 6.45) is 6.95. The molecule has 2 aromatic rings. The smallest absolute Gasteiger partial charge is 0.263 e. The van der Waals surface area contributed by atoms with Crippen molar-refractivity contribution in [2.75, 3.05) is 0 Å². The summed E-state index contributed by atoms with van der Waals surface area (Å²) in [6.45, 7) is 1.84. The van der Waals surface area contributed by atoms with Crippen LogP contribution in [0.2, 0.25) is 0 Å². The molecule has 6 heteroatoms. The average molecular weight is 326 g/mol. The van der Waals surface area contributed by atoms with Gasteiger partial charge in [0.05, 0.1) is 18.4 Å². The summed E-state index contributed by atoms with van der Waals surface area (Å²) in [7, 11) is 0. The molecule has 0 radical (unpaired) electrons. The van der Waals surface area contributed by atoms with Crippen LogP contribution in [0.25, 0.3) is 0 Å². The Hall–Kier alpha value is -2.37. The van der Waals surface area contributed by atoms with Crippen molar-refractivity contribution in [2.45, 2.75) is 56.8 Å². The number of hydrogen-bond acceptors (Lipinski definition) is 4. The highest BCUT2D eigenvalue weighted by Crippen LogP contribution is 2.40. The lowest BCUT2D eigenvalue weighted by molar-refractivity contribution is -0.143. The van der Waals surface area contributed by atoms with E-state index in [0.29, 0.717) is 6.04 Å². The molecule has 0 N–H and O–H groups in total. The molecule has 0 unspecified atom stereocenters. The van der Waals surface area contributed by atoms with E-state index in [1.165, 1.54) is 0 Å². The monoisotopic (exact) mass is 326 g/mol. The van der Waals surface area contributed by atoms with Crippen LogP contribution >= 0.6 is 0 Å². The molecule has 2 bridgehead atoms. The lowest BCUT2D eigenvalue weighted by atomic mass is 9.97. The average Bonchev–Trinajstić information content (AvgIpc) is 3.22. The Kier molecular flexibility index (Phi) is 3.96. The van der Waals surface area contributed by atoms with Gasteiger partial charge in [-0.05, 0) is 44.7 Å². The molecule has 0 saturated carbocycles. The van der Waals surface area contributed by atoms with E-state index in [9.17, 15) is 4.79 Å². The van der Waals surface area contributed by atoms with Gasteiger partial charge in [0.15, 0.2) is 6.10 Å². The molecule has 1 aromatic heterocycles. The Balaban J connectivity index is 1.44. The molecule has 2 fully saturated rings. The van der Waals surface area contributed by atoms with Crippen molar-refractivity contribution in [1.82, 2.24) is 19.9 Å². The van der Waals surface area contributed by atoms with Gasteiger partial charge in [-0.3, -0.25) is 4.79 Å². The van der Waals surface area contributed by atoms with Gasteiger partial charge in [0.25, 0.3) is 5.91 Å². The van der Waals surface area contributed by atoms with Gasteiger partial charge >= 0.3 is 0 Å². The van der Waals surface area contributed by atoms with Gasteiger partial charge in [0.1, 0.15) is 5.75 Å². The fourth-order valence-electron chi connectivity index (χ4n) is 4.07. The molecule has 4 rings (SSSR count). The molecule has 2 aliphatic heterocycles. The predicted molar refractivity (Wildman–Crippen MR) is 88.5 cm³/mol. The number of ether oxygens (including phenoxy) is 1. The summed E-state index contributed by atoms with van der Waals surface area (Å²) in [4.78, 5) is 16.8. The Morgan fingerprint density at radius 1 is 1.08 bits per heavy atom. The molecule has 126 valence electrons. The van der Waals surface area contributed by atoms with E-state index >= 15 is 0 Å². The number of carbonyl (C=O) groups is 1. The molecular formula is C18H22N4O2. The maximum atomic E-state index is 12.9. The van der Waals surface area contributed by atoms with Crippen LogP contribution in [0.15, 0.2) is 42.7 Å². The number of nitrogens with zero attached hydrogens (tertiary/aromatic N) is 4. The van der Waals surface area contributed by atoms with E-state index < -0.39 is 6.10 Å². The van der Waals surface area contributed by atoms with E-state index in [-0.39, 0.29) is 18.0 Å². The van der Waals surface area contributed by atoms with E-state index in [1.54, 1.807) is 17.2 Å². The Bertz CT molecular complexity index is 674. The lowest BCUT2D eigenvalue weighted by Crippen LogP contribution is -2.51. The largest absolute Gasteiger partial charge is 0.481 e. The highest BCUT2D eigenvalue weighted by molar-refractivity contribution is 5.82. The highest BCUT2D eigenvalue weighted by atomic mass is 16.5. The summed E-state index contributed by atoms with van der Waals surface area (Å²) in [5, 5.41) is 8.55. The highest BCUT2D eigenvalue weighted by Gasteiger charge is 2.45. The van der Waals surface area contributed by atoms with E-state index in [0.717, 1.165) is 31.4 Å². The number of fused-ring (bicyclic) bond motifs is 2. The zero-order valence-corrected chi connectivity index (χ0v) is 13.8. The van der Waals surface area contributed by atoms with Gasteiger partial charge in [0.2, 0.25) is 0 Å². The molecule has 1 aromatic carbocycles. The molecular weight excluding hydrogens is 304 g/mol. The molecule has 3 atom stereocenters. The second-order valence-corrected chi connectivity index (χ2v) is 6.68. The normalized spacial score (nSPS) is 27.0. The minimum Gasteiger partial charge on any atom is -0.481 e. The maximum Gasteiger partial charge on any atom is 0.263 e. The van der Waals surface area contributed by atoms with Crippen molar-refractivity contribution < 1.29 is 9.53 Å². The third-order valence-corrected chi connectivity index (χ3v) is 5.13. The van der Waals surface area contributed by atoms with Crippen molar-refractivity contribution >= 4 is 5.91 Å². The van der Waals surface area contributed by atoms with E-state index in [1.807, 2.05) is 37.3 Å². The van der Waals surface area contributed by atoms with Crippen molar-refractivity contribution in [3.05, 3.63) is 42.7 Å². The van der Waals surface area contributed by atoms with Crippen LogP contribution in [0.3, 0.4) is 0 Å². The van der Waals surface area contributed by atoms with Crippen LogP contribution in [0.5, 0.6) is 5.75 Å². The van der Waals surface area contributed by atoms with E-state index in [4.69, 9.17) is 4.74 Å². The van der Waals surface area contributed by atoms with Gasteiger partial charge in [-0.1, -0.05) is 18.2 Å². The van der Waals surface area contributed by atoms with Crippen LogP contribution in [0.4, 0.5) is 0 Å². The first-order chi connectivity index (χ1) is 11.7. The van der Waals surface area contributed by atoms with Gasteiger partial charge in [-0.15, -0.1) is 0 Å². The zero-order chi connectivity index (χ0) is 16.5. The van der Waals surface area contributed by atoms with Crippen molar-refractivity contribution in [3.63, 3.8) is 0 Å². The predicted octanol–water partition coefficient (Wildman–Crippen LogP) is 2.44. The number of carbonyl (C=O) groups excluding carboxylic acids is 1. The Morgan fingerprint density at radius 3 is 2.33 bits per heavy atom. The lowest BCUT2D eigenvalue weighted by Gasteiger charge is -2.39. The number of rotatable bonds is 4. The van der Waals surface area contributed by atoms with Crippen LogP contribution in [-0.2, 0) is 4.79 Å². The summed E-state index contributed by atoms with van der Waals surface area (Å²) in [5.74, 6) is 0.833. The third kappa shape index (κ3) is 2.77. The van der Waals surface area contributed by atoms with Crippen molar-refractivity contribution in [3.8, 4) is 5.75 Å². The van der Waals surface area contributed by atoms with E-state index in [2.05, 4.69) is 15.1 Å².